The van der Waals surface area contributed by atoms with Crippen LogP contribution in [0.3, 0.4) is 0 Å². The Kier molecular flexibility index (Phi) is 3.52. The quantitative estimate of drug-likeness (QED) is 0.692. The molecule has 0 radical (unpaired) electrons. The topological polar surface area (TPSA) is 98.2 Å². The van der Waals surface area contributed by atoms with Gasteiger partial charge in [-0.2, -0.15) is 0 Å². The second kappa shape index (κ2) is 5.50. The Bertz CT molecular complexity index is 881. The van der Waals surface area contributed by atoms with E-state index in [2.05, 4.69) is 5.32 Å². The summed E-state index contributed by atoms with van der Waals surface area (Å²) in [5.74, 6) is -0.605. The number of benzene rings is 2. The van der Waals surface area contributed by atoms with Gasteiger partial charge in [0, 0.05) is 4.88 Å². The summed E-state index contributed by atoms with van der Waals surface area (Å²) in [4.78, 5) is 23.5. The fourth-order valence-corrected chi connectivity index (χ4v) is 3.46. The molecule has 3 amide bonds. The van der Waals surface area contributed by atoms with Gasteiger partial charge in [-0.15, -0.1) is 11.3 Å². The largest absolute Gasteiger partial charge is 0.366 e. The van der Waals surface area contributed by atoms with Gasteiger partial charge in [0.1, 0.15) is 5.00 Å². The molecule has 3 aromatic rings. The second-order valence-electron chi connectivity index (χ2n) is 4.73. The summed E-state index contributed by atoms with van der Waals surface area (Å²) in [6, 6.07) is 14.8. The number of anilines is 1. The number of nitrogens with one attached hydrogen (secondary N) is 1. The summed E-state index contributed by atoms with van der Waals surface area (Å²) in [7, 11) is 0. The number of carbonyl (C=O) groups excluding carboxylic acids is 2. The van der Waals surface area contributed by atoms with Crippen LogP contribution < -0.4 is 16.8 Å². The van der Waals surface area contributed by atoms with E-state index >= 15 is 0 Å². The average molecular weight is 311 g/mol. The molecule has 5 N–H and O–H groups in total. The molecule has 1 heterocycles. The van der Waals surface area contributed by atoms with Crippen LogP contribution in [0, 0.1) is 0 Å². The van der Waals surface area contributed by atoms with E-state index in [-0.39, 0.29) is 5.56 Å². The molecule has 0 aliphatic rings. The van der Waals surface area contributed by atoms with E-state index in [1.807, 2.05) is 42.5 Å². The average Bonchev–Trinajstić information content (AvgIpc) is 2.89. The Morgan fingerprint density at radius 2 is 1.73 bits per heavy atom. The van der Waals surface area contributed by atoms with Crippen LogP contribution >= 0.6 is 11.3 Å². The molecule has 2 aromatic carbocycles. The van der Waals surface area contributed by atoms with Gasteiger partial charge < -0.3 is 11.5 Å². The van der Waals surface area contributed by atoms with Gasteiger partial charge in [0.15, 0.2) is 0 Å². The maximum absolute atomic E-state index is 11.5. The third kappa shape index (κ3) is 2.51. The van der Waals surface area contributed by atoms with Crippen molar-refractivity contribution in [2.24, 2.45) is 11.5 Å². The number of nitrogens with two attached hydrogens (primary N) is 2. The smallest absolute Gasteiger partial charge is 0.317 e. The van der Waals surface area contributed by atoms with Crippen LogP contribution in [0.2, 0.25) is 0 Å². The van der Waals surface area contributed by atoms with Crippen LogP contribution in [-0.2, 0) is 0 Å². The van der Waals surface area contributed by atoms with Crippen molar-refractivity contribution in [3.8, 4) is 10.4 Å². The van der Waals surface area contributed by atoms with Crippen molar-refractivity contribution in [2.75, 3.05) is 5.32 Å². The lowest BCUT2D eigenvalue weighted by Gasteiger charge is -2.03. The normalized spacial score (nSPS) is 10.5. The molecule has 110 valence electrons. The van der Waals surface area contributed by atoms with E-state index in [9.17, 15) is 9.59 Å². The van der Waals surface area contributed by atoms with Crippen molar-refractivity contribution in [1.82, 2.24) is 0 Å². The molecule has 0 spiro atoms. The summed E-state index contributed by atoms with van der Waals surface area (Å²) >= 11 is 1.27. The molecule has 22 heavy (non-hydrogen) atoms. The standard InChI is InChI=1S/C16H13N3O2S/c17-14(20)12-8-13(22-15(12)19-16(18)21)11-7-3-5-9-4-1-2-6-10(9)11/h1-8H,(H2,17,20)(H3,18,19,21). The molecule has 6 heteroatoms. The highest BCUT2D eigenvalue weighted by Crippen LogP contribution is 2.38. The van der Waals surface area contributed by atoms with Crippen molar-refractivity contribution in [2.45, 2.75) is 0 Å². The molecule has 5 nitrogen and oxygen atoms in total. The van der Waals surface area contributed by atoms with E-state index in [0.717, 1.165) is 21.2 Å². The molecule has 0 unspecified atom stereocenters. The van der Waals surface area contributed by atoms with Gasteiger partial charge in [-0.3, -0.25) is 10.1 Å². The Balaban J connectivity index is 2.19. The summed E-state index contributed by atoms with van der Waals surface area (Å²) in [5.41, 5.74) is 11.7. The molecule has 0 aliphatic heterocycles. The lowest BCUT2D eigenvalue weighted by molar-refractivity contribution is 0.100. The van der Waals surface area contributed by atoms with Crippen molar-refractivity contribution in [1.29, 1.82) is 0 Å². The molecule has 1 aromatic heterocycles. The maximum atomic E-state index is 11.5. The molecule has 0 fully saturated rings. The molecular weight excluding hydrogens is 298 g/mol. The number of hydrogen-bond donors (Lipinski definition) is 3. The number of fused-ring (bicyclic) bond motifs is 1. The van der Waals surface area contributed by atoms with Crippen molar-refractivity contribution < 1.29 is 9.59 Å². The van der Waals surface area contributed by atoms with Gasteiger partial charge in [0.25, 0.3) is 5.91 Å². The first-order chi connectivity index (χ1) is 10.6. The Morgan fingerprint density at radius 1 is 1.00 bits per heavy atom. The van der Waals surface area contributed by atoms with Crippen LogP contribution in [0.25, 0.3) is 21.2 Å². The second-order valence-corrected chi connectivity index (χ2v) is 5.79. The first kappa shape index (κ1) is 14.1. The van der Waals surface area contributed by atoms with Gasteiger partial charge in [0.2, 0.25) is 0 Å². The molecule has 0 saturated heterocycles. The zero-order valence-electron chi connectivity index (χ0n) is 11.5. The molecule has 3 rings (SSSR count). The molecule has 0 bridgehead atoms. The molecular formula is C16H13N3O2S. The fraction of sp³-hybridized carbons (Fsp3) is 0. The van der Waals surface area contributed by atoms with Gasteiger partial charge in [-0.25, -0.2) is 4.79 Å². The Hall–Kier alpha value is -2.86. The molecule has 0 atom stereocenters. The van der Waals surface area contributed by atoms with Gasteiger partial charge in [0.05, 0.1) is 5.56 Å². The van der Waals surface area contributed by atoms with Crippen molar-refractivity contribution in [3.05, 3.63) is 54.1 Å². The first-order valence-corrected chi connectivity index (χ1v) is 7.36. The predicted molar refractivity (Wildman–Crippen MR) is 89.0 cm³/mol. The minimum Gasteiger partial charge on any atom is -0.366 e. The molecule has 0 aliphatic carbocycles. The van der Waals surface area contributed by atoms with Gasteiger partial charge >= 0.3 is 6.03 Å². The SMILES string of the molecule is NC(=O)Nc1sc(-c2cccc3ccccc23)cc1C(N)=O. The zero-order chi connectivity index (χ0) is 15.7. The minimum absolute atomic E-state index is 0.256. The lowest BCUT2D eigenvalue weighted by atomic mass is 10.0. The van der Waals surface area contributed by atoms with Gasteiger partial charge in [-0.05, 0) is 22.4 Å². The van der Waals surface area contributed by atoms with E-state index in [0.29, 0.717) is 5.00 Å². The predicted octanol–water partition coefficient (Wildman–Crippen LogP) is 3.16. The van der Waals surface area contributed by atoms with E-state index in [1.165, 1.54) is 11.3 Å². The number of thiophene rings is 1. The summed E-state index contributed by atoms with van der Waals surface area (Å²) in [6.45, 7) is 0. The summed E-state index contributed by atoms with van der Waals surface area (Å²) in [5, 5.41) is 4.97. The number of urea groups is 1. The van der Waals surface area contributed by atoms with E-state index in [4.69, 9.17) is 11.5 Å². The highest BCUT2D eigenvalue weighted by Gasteiger charge is 2.17. The van der Waals surface area contributed by atoms with Crippen molar-refractivity contribution >= 4 is 39.0 Å². The number of rotatable bonds is 3. The first-order valence-electron chi connectivity index (χ1n) is 6.54. The zero-order valence-corrected chi connectivity index (χ0v) is 12.3. The van der Waals surface area contributed by atoms with Crippen molar-refractivity contribution in [3.63, 3.8) is 0 Å². The Labute approximate surface area is 130 Å². The van der Waals surface area contributed by atoms with Crippen LogP contribution in [-0.4, -0.2) is 11.9 Å². The van der Waals surface area contributed by atoms with Crippen LogP contribution in [0.1, 0.15) is 10.4 Å². The third-order valence-corrected chi connectivity index (χ3v) is 4.37. The lowest BCUT2D eigenvalue weighted by Crippen LogP contribution is -2.21. The van der Waals surface area contributed by atoms with Crippen LogP contribution in [0.4, 0.5) is 9.80 Å². The van der Waals surface area contributed by atoms with Crippen LogP contribution in [0.5, 0.6) is 0 Å². The third-order valence-electron chi connectivity index (χ3n) is 3.29. The van der Waals surface area contributed by atoms with E-state index in [1.54, 1.807) is 6.07 Å². The number of carbonyl (C=O) groups is 2. The van der Waals surface area contributed by atoms with Crippen LogP contribution in [0.15, 0.2) is 48.5 Å². The number of hydrogen-bond acceptors (Lipinski definition) is 3. The number of primary amides is 2. The fourth-order valence-electron chi connectivity index (χ4n) is 2.35. The summed E-state index contributed by atoms with van der Waals surface area (Å²) in [6.07, 6.45) is 0. The molecule has 0 saturated carbocycles. The highest BCUT2D eigenvalue weighted by molar-refractivity contribution is 7.20. The maximum Gasteiger partial charge on any atom is 0.317 e. The monoisotopic (exact) mass is 311 g/mol. The highest BCUT2D eigenvalue weighted by atomic mass is 32.1. The Morgan fingerprint density at radius 3 is 2.45 bits per heavy atom. The van der Waals surface area contributed by atoms with E-state index < -0.39 is 11.9 Å². The minimum atomic E-state index is -0.728. The van der Waals surface area contributed by atoms with Gasteiger partial charge in [-0.1, -0.05) is 42.5 Å². The summed E-state index contributed by atoms with van der Waals surface area (Å²) < 4.78 is 0. The number of amides is 3.